The van der Waals surface area contributed by atoms with E-state index in [0.717, 1.165) is 11.3 Å². The van der Waals surface area contributed by atoms with E-state index >= 15 is 0 Å². The molecule has 0 aromatic heterocycles. The van der Waals surface area contributed by atoms with Crippen molar-refractivity contribution in [1.29, 1.82) is 0 Å². The van der Waals surface area contributed by atoms with Gasteiger partial charge < -0.3 is 20.8 Å². The number of carbonyl (C=O) groups is 1. The summed E-state index contributed by atoms with van der Waals surface area (Å²) in [6.07, 6.45) is 0.688. The number of fused-ring (bicyclic) bond motifs is 1. The van der Waals surface area contributed by atoms with E-state index in [0.29, 0.717) is 18.7 Å². The van der Waals surface area contributed by atoms with Gasteiger partial charge in [-0.15, -0.1) is 0 Å². The lowest BCUT2D eigenvalue weighted by atomic mass is 10.1. The summed E-state index contributed by atoms with van der Waals surface area (Å²) in [4.78, 5) is 14.1. The summed E-state index contributed by atoms with van der Waals surface area (Å²) in [6, 6.07) is 9.33. The molecule has 0 saturated heterocycles. The molecule has 1 aliphatic heterocycles. The van der Waals surface area contributed by atoms with Crippen LogP contribution < -0.4 is 10.6 Å². The number of nitrogens with two attached hydrogens (primary N) is 1. The molecule has 2 aromatic carbocycles. The van der Waals surface area contributed by atoms with Gasteiger partial charge in [0.2, 0.25) is 0 Å². The molecule has 20 heavy (non-hydrogen) atoms. The highest BCUT2D eigenvalue weighted by Crippen LogP contribution is 2.34. The van der Waals surface area contributed by atoms with Crippen LogP contribution in [0.1, 0.15) is 15.9 Å². The SMILES string of the molecule is Nc1cccc2c1CCN2C(=O)c1cc(O)ccc1O. The molecule has 0 atom stereocenters. The molecule has 2 aromatic rings. The highest BCUT2D eigenvalue weighted by molar-refractivity contribution is 6.09. The van der Waals surface area contributed by atoms with Crippen LogP contribution in [-0.4, -0.2) is 22.7 Å². The largest absolute Gasteiger partial charge is 0.508 e. The zero-order chi connectivity index (χ0) is 14.3. The van der Waals surface area contributed by atoms with Crippen molar-refractivity contribution in [2.45, 2.75) is 6.42 Å². The van der Waals surface area contributed by atoms with Gasteiger partial charge in [0.1, 0.15) is 11.5 Å². The Morgan fingerprint density at radius 1 is 1.20 bits per heavy atom. The van der Waals surface area contributed by atoms with Crippen molar-refractivity contribution in [1.82, 2.24) is 0 Å². The van der Waals surface area contributed by atoms with Crippen LogP contribution in [0.2, 0.25) is 0 Å². The van der Waals surface area contributed by atoms with Gasteiger partial charge in [0.15, 0.2) is 0 Å². The summed E-state index contributed by atoms with van der Waals surface area (Å²) in [6.45, 7) is 0.511. The lowest BCUT2D eigenvalue weighted by molar-refractivity contribution is 0.0986. The first-order valence-electron chi connectivity index (χ1n) is 6.29. The molecule has 3 rings (SSSR count). The van der Waals surface area contributed by atoms with E-state index in [1.165, 1.54) is 18.2 Å². The van der Waals surface area contributed by atoms with Crippen molar-refractivity contribution in [3.8, 4) is 11.5 Å². The molecule has 0 fully saturated rings. The number of carbonyl (C=O) groups excluding carboxylic acids is 1. The van der Waals surface area contributed by atoms with E-state index in [2.05, 4.69) is 0 Å². The maximum absolute atomic E-state index is 12.5. The lowest BCUT2D eigenvalue weighted by Gasteiger charge is -2.18. The Hall–Kier alpha value is -2.69. The van der Waals surface area contributed by atoms with Gasteiger partial charge in [-0.25, -0.2) is 0 Å². The van der Waals surface area contributed by atoms with Gasteiger partial charge in [-0.1, -0.05) is 6.07 Å². The third-order valence-corrected chi connectivity index (χ3v) is 3.52. The molecule has 1 amide bonds. The van der Waals surface area contributed by atoms with Crippen molar-refractivity contribution < 1.29 is 15.0 Å². The summed E-state index contributed by atoms with van der Waals surface area (Å²) >= 11 is 0. The van der Waals surface area contributed by atoms with Crippen molar-refractivity contribution >= 4 is 17.3 Å². The summed E-state index contributed by atoms with van der Waals surface area (Å²) in [5, 5.41) is 19.3. The molecule has 1 heterocycles. The Morgan fingerprint density at radius 3 is 2.80 bits per heavy atom. The van der Waals surface area contributed by atoms with Gasteiger partial charge >= 0.3 is 0 Å². The van der Waals surface area contributed by atoms with E-state index in [4.69, 9.17) is 5.73 Å². The van der Waals surface area contributed by atoms with Crippen LogP contribution in [0.4, 0.5) is 11.4 Å². The number of phenolic OH excluding ortho intramolecular Hbond substituents is 2. The maximum atomic E-state index is 12.5. The molecule has 4 N–H and O–H groups in total. The lowest BCUT2D eigenvalue weighted by Crippen LogP contribution is -2.28. The number of rotatable bonds is 1. The smallest absolute Gasteiger partial charge is 0.262 e. The highest BCUT2D eigenvalue weighted by atomic mass is 16.3. The van der Waals surface area contributed by atoms with Crippen molar-refractivity contribution in [2.24, 2.45) is 0 Å². The van der Waals surface area contributed by atoms with Crippen LogP contribution in [0.3, 0.4) is 0 Å². The zero-order valence-corrected chi connectivity index (χ0v) is 10.7. The molecule has 0 aliphatic carbocycles. The molecule has 5 heteroatoms. The van der Waals surface area contributed by atoms with Gasteiger partial charge in [-0.2, -0.15) is 0 Å². The van der Waals surface area contributed by atoms with Gasteiger partial charge in [0, 0.05) is 23.5 Å². The fourth-order valence-electron chi connectivity index (χ4n) is 2.51. The zero-order valence-electron chi connectivity index (χ0n) is 10.7. The Balaban J connectivity index is 2.02. The van der Waals surface area contributed by atoms with E-state index < -0.39 is 0 Å². The number of amides is 1. The van der Waals surface area contributed by atoms with E-state index in [-0.39, 0.29) is 23.0 Å². The first kappa shape index (κ1) is 12.3. The quantitative estimate of drug-likeness (QED) is 0.545. The summed E-state index contributed by atoms with van der Waals surface area (Å²) in [5.41, 5.74) is 8.35. The second kappa shape index (κ2) is 4.45. The molecular formula is C15H14N2O3. The fraction of sp³-hybridized carbons (Fsp3) is 0.133. The van der Waals surface area contributed by atoms with Gasteiger partial charge in [0.05, 0.1) is 5.56 Å². The minimum atomic E-state index is -0.345. The normalized spacial score (nSPS) is 13.3. The van der Waals surface area contributed by atoms with Gasteiger partial charge in [-0.3, -0.25) is 4.79 Å². The minimum absolute atomic E-state index is 0.0573. The van der Waals surface area contributed by atoms with E-state index in [1.54, 1.807) is 17.0 Å². The maximum Gasteiger partial charge on any atom is 0.262 e. The average molecular weight is 270 g/mol. The monoisotopic (exact) mass is 270 g/mol. The first-order chi connectivity index (χ1) is 9.58. The Morgan fingerprint density at radius 2 is 2.00 bits per heavy atom. The van der Waals surface area contributed by atoms with Crippen LogP contribution in [0, 0.1) is 0 Å². The highest BCUT2D eigenvalue weighted by Gasteiger charge is 2.28. The molecule has 0 unspecified atom stereocenters. The van der Waals surface area contributed by atoms with Crippen LogP contribution in [0.15, 0.2) is 36.4 Å². The summed E-state index contributed by atoms with van der Waals surface area (Å²) < 4.78 is 0. The van der Waals surface area contributed by atoms with E-state index in [9.17, 15) is 15.0 Å². The molecule has 0 bridgehead atoms. The fourth-order valence-corrected chi connectivity index (χ4v) is 2.51. The molecule has 0 saturated carbocycles. The van der Waals surface area contributed by atoms with Crippen LogP contribution in [0.5, 0.6) is 11.5 Å². The number of hydrogen-bond acceptors (Lipinski definition) is 4. The first-order valence-corrected chi connectivity index (χ1v) is 6.29. The molecule has 1 aliphatic rings. The third-order valence-electron chi connectivity index (χ3n) is 3.52. The third kappa shape index (κ3) is 1.84. The Labute approximate surface area is 115 Å². The minimum Gasteiger partial charge on any atom is -0.508 e. The molecule has 0 spiro atoms. The van der Waals surface area contributed by atoms with Gasteiger partial charge in [0.25, 0.3) is 5.91 Å². The van der Waals surface area contributed by atoms with Crippen molar-refractivity contribution in [3.05, 3.63) is 47.5 Å². The van der Waals surface area contributed by atoms with Crippen LogP contribution >= 0.6 is 0 Å². The van der Waals surface area contributed by atoms with E-state index in [1.807, 2.05) is 6.07 Å². The average Bonchev–Trinajstić information content (AvgIpc) is 2.86. The predicted octanol–water partition coefficient (Wildman–Crippen LogP) is 1.88. The second-order valence-electron chi connectivity index (χ2n) is 4.75. The number of nitrogens with zero attached hydrogens (tertiary/aromatic N) is 1. The second-order valence-corrected chi connectivity index (χ2v) is 4.75. The van der Waals surface area contributed by atoms with Gasteiger partial charge in [-0.05, 0) is 36.8 Å². The molecule has 102 valence electrons. The number of phenols is 2. The predicted molar refractivity (Wildman–Crippen MR) is 76.0 cm³/mol. The standard InChI is InChI=1S/C15H14N2O3/c16-12-2-1-3-13-10(12)6-7-17(13)15(20)11-8-9(18)4-5-14(11)19/h1-5,8,18-19H,6-7,16H2. The number of aromatic hydroxyl groups is 2. The topological polar surface area (TPSA) is 86.8 Å². The van der Waals surface area contributed by atoms with Crippen molar-refractivity contribution in [2.75, 3.05) is 17.2 Å². The summed E-state index contributed by atoms with van der Waals surface area (Å²) in [5.74, 6) is -0.550. The molecular weight excluding hydrogens is 256 g/mol. The molecule has 0 radical (unpaired) electrons. The Bertz CT molecular complexity index is 698. The van der Waals surface area contributed by atoms with Crippen LogP contribution in [-0.2, 0) is 6.42 Å². The Kier molecular flexibility index (Phi) is 2.75. The number of hydrogen-bond donors (Lipinski definition) is 3. The van der Waals surface area contributed by atoms with Crippen LogP contribution in [0.25, 0.3) is 0 Å². The number of anilines is 2. The van der Waals surface area contributed by atoms with Crippen molar-refractivity contribution in [3.63, 3.8) is 0 Å². The number of nitrogen functional groups attached to an aromatic ring is 1. The number of benzene rings is 2. The summed E-state index contributed by atoms with van der Waals surface area (Å²) in [7, 11) is 0. The molecule has 5 nitrogen and oxygen atoms in total.